The summed E-state index contributed by atoms with van der Waals surface area (Å²) in [5.74, 6) is -1.23. The topological polar surface area (TPSA) is 117 Å². The summed E-state index contributed by atoms with van der Waals surface area (Å²) in [4.78, 5) is 34.6. The van der Waals surface area contributed by atoms with Gasteiger partial charge in [0.2, 0.25) is 5.91 Å². The van der Waals surface area contributed by atoms with Gasteiger partial charge in [0.15, 0.2) is 0 Å². The number of carbonyl (C=O) groups is 3. The van der Waals surface area contributed by atoms with Gasteiger partial charge in [0, 0.05) is 6.54 Å². The van der Waals surface area contributed by atoms with Crippen LogP contribution in [0.2, 0.25) is 0 Å². The van der Waals surface area contributed by atoms with E-state index in [1.165, 1.54) is 6.92 Å². The Morgan fingerprint density at radius 3 is 2.85 bits per heavy atom. The Balaban J connectivity index is 1.91. The van der Waals surface area contributed by atoms with Crippen LogP contribution >= 0.6 is 0 Å². The molecule has 2 rings (SSSR count). The van der Waals surface area contributed by atoms with E-state index in [-0.39, 0.29) is 19.1 Å². The van der Waals surface area contributed by atoms with Crippen molar-refractivity contribution >= 4 is 17.9 Å². The minimum atomic E-state index is -1.15. The smallest absolute Gasteiger partial charge is 0.315 e. The molecule has 0 aliphatic carbocycles. The minimum Gasteiger partial charge on any atom is -0.481 e. The average molecular weight is 285 g/mol. The van der Waals surface area contributed by atoms with E-state index < -0.39 is 29.5 Å². The average Bonchev–Trinajstić information content (AvgIpc) is 2.75. The number of nitrogens with one attached hydrogen (secondary N) is 3. The summed E-state index contributed by atoms with van der Waals surface area (Å²) >= 11 is 0. The van der Waals surface area contributed by atoms with Crippen LogP contribution in [0.5, 0.6) is 0 Å². The van der Waals surface area contributed by atoms with Crippen molar-refractivity contribution < 1.29 is 24.2 Å². The summed E-state index contributed by atoms with van der Waals surface area (Å²) in [6.07, 6.45) is 1.38. The number of carboxylic acid groups (broad SMARTS) is 1. The second-order valence-electron chi connectivity index (χ2n) is 5.39. The van der Waals surface area contributed by atoms with E-state index in [0.29, 0.717) is 13.0 Å². The van der Waals surface area contributed by atoms with Gasteiger partial charge in [-0.25, -0.2) is 4.79 Å². The molecule has 3 unspecified atom stereocenters. The Labute approximate surface area is 116 Å². The van der Waals surface area contributed by atoms with Gasteiger partial charge < -0.3 is 25.8 Å². The molecule has 2 saturated heterocycles. The summed E-state index contributed by atoms with van der Waals surface area (Å²) in [6, 6.07) is -1.73. The fourth-order valence-electron chi connectivity index (χ4n) is 2.35. The fraction of sp³-hybridized carbons (Fsp3) is 0.750. The fourth-order valence-corrected chi connectivity index (χ4v) is 2.35. The molecule has 3 amide bonds. The molecule has 0 radical (unpaired) electrons. The normalized spacial score (nSPS) is 33.4. The molecule has 0 aromatic carbocycles. The summed E-state index contributed by atoms with van der Waals surface area (Å²) in [5, 5.41) is 17.0. The lowest BCUT2D eigenvalue weighted by molar-refractivity contribution is -0.148. The first-order chi connectivity index (χ1) is 9.43. The van der Waals surface area contributed by atoms with Gasteiger partial charge in [-0.15, -0.1) is 0 Å². The zero-order chi connectivity index (χ0) is 14.8. The summed E-state index contributed by atoms with van der Waals surface area (Å²) in [5.41, 5.74) is -1.15. The van der Waals surface area contributed by atoms with E-state index in [9.17, 15) is 19.5 Å². The SMILES string of the molecule is CC1(C(=O)O)COCC1NC(=O)NC1CCCNC1=O. The van der Waals surface area contributed by atoms with Crippen LogP contribution in [0.3, 0.4) is 0 Å². The molecule has 4 N–H and O–H groups in total. The minimum absolute atomic E-state index is 0.0528. The van der Waals surface area contributed by atoms with E-state index in [1.54, 1.807) is 0 Å². The molecule has 20 heavy (non-hydrogen) atoms. The van der Waals surface area contributed by atoms with Crippen LogP contribution < -0.4 is 16.0 Å². The molecule has 2 fully saturated rings. The predicted molar refractivity (Wildman–Crippen MR) is 68.0 cm³/mol. The molecular weight excluding hydrogens is 266 g/mol. The van der Waals surface area contributed by atoms with E-state index >= 15 is 0 Å². The maximum Gasteiger partial charge on any atom is 0.315 e. The summed E-state index contributed by atoms with van der Waals surface area (Å²) in [7, 11) is 0. The van der Waals surface area contributed by atoms with Crippen molar-refractivity contribution in [3.63, 3.8) is 0 Å². The van der Waals surface area contributed by atoms with Gasteiger partial charge in [-0.2, -0.15) is 0 Å². The third kappa shape index (κ3) is 2.84. The van der Waals surface area contributed by atoms with E-state index in [4.69, 9.17) is 4.74 Å². The zero-order valence-electron chi connectivity index (χ0n) is 11.3. The monoisotopic (exact) mass is 285 g/mol. The molecule has 0 saturated carbocycles. The maximum absolute atomic E-state index is 11.9. The van der Waals surface area contributed by atoms with Crippen molar-refractivity contribution in [1.29, 1.82) is 0 Å². The Bertz CT molecular complexity index is 427. The van der Waals surface area contributed by atoms with E-state index in [0.717, 1.165) is 6.42 Å². The molecule has 2 heterocycles. The van der Waals surface area contributed by atoms with Crippen LogP contribution in [0.1, 0.15) is 19.8 Å². The van der Waals surface area contributed by atoms with Gasteiger partial charge in [0.05, 0.1) is 19.3 Å². The Morgan fingerprint density at radius 1 is 1.45 bits per heavy atom. The molecule has 3 atom stereocenters. The number of carboxylic acids is 1. The molecule has 2 aliphatic heterocycles. The first kappa shape index (κ1) is 14.6. The lowest BCUT2D eigenvalue weighted by atomic mass is 9.85. The van der Waals surface area contributed by atoms with Gasteiger partial charge in [0.25, 0.3) is 0 Å². The van der Waals surface area contributed by atoms with Crippen molar-refractivity contribution in [2.45, 2.75) is 31.8 Å². The predicted octanol–water partition coefficient (Wildman–Crippen LogP) is -0.946. The number of hydrogen-bond acceptors (Lipinski definition) is 4. The molecule has 0 aromatic rings. The highest BCUT2D eigenvalue weighted by molar-refractivity contribution is 5.88. The van der Waals surface area contributed by atoms with Gasteiger partial charge in [-0.05, 0) is 19.8 Å². The molecule has 8 nitrogen and oxygen atoms in total. The Morgan fingerprint density at radius 2 is 2.20 bits per heavy atom. The number of urea groups is 1. The highest BCUT2D eigenvalue weighted by Gasteiger charge is 2.47. The van der Waals surface area contributed by atoms with Crippen LogP contribution in [0.4, 0.5) is 4.79 Å². The lowest BCUT2D eigenvalue weighted by Crippen LogP contribution is -2.57. The second-order valence-corrected chi connectivity index (χ2v) is 5.39. The highest BCUT2D eigenvalue weighted by atomic mass is 16.5. The number of hydrogen-bond donors (Lipinski definition) is 4. The highest BCUT2D eigenvalue weighted by Crippen LogP contribution is 2.28. The number of carbonyl (C=O) groups excluding carboxylic acids is 2. The van der Waals surface area contributed by atoms with Crippen molar-refractivity contribution in [3.8, 4) is 0 Å². The first-order valence-corrected chi connectivity index (χ1v) is 6.59. The third-order valence-corrected chi connectivity index (χ3v) is 3.84. The molecule has 8 heteroatoms. The van der Waals surface area contributed by atoms with Crippen LogP contribution in [-0.2, 0) is 14.3 Å². The van der Waals surface area contributed by atoms with Crippen molar-refractivity contribution in [2.75, 3.05) is 19.8 Å². The van der Waals surface area contributed by atoms with E-state index in [1.807, 2.05) is 0 Å². The third-order valence-electron chi connectivity index (χ3n) is 3.84. The number of rotatable bonds is 3. The van der Waals surface area contributed by atoms with Crippen molar-refractivity contribution in [3.05, 3.63) is 0 Å². The molecule has 112 valence electrons. The zero-order valence-corrected chi connectivity index (χ0v) is 11.3. The van der Waals surface area contributed by atoms with Crippen LogP contribution in [0.25, 0.3) is 0 Å². The molecular formula is C12H19N3O5. The van der Waals surface area contributed by atoms with E-state index in [2.05, 4.69) is 16.0 Å². The van der Waals surface area contributed by atoms with Crippen LogP contribution in [0.15, 0.2) is 0 Å². The van der Waals surface area contributed by atoms with Gasteiger partial charge in [-0.1, -0.05) is 0 Å². The summed E-state index contributed by atoms with van der Waals surface area (Å²) < 4.78 is 5.14. The lowest BCUT2D eigenvalue weighted by Gasteiger charge is -2.27. The van der Waals surface area contributed by atoms with Gasteiger partial charge in [0.1, 0.15) is 11.5 Å². The number of amides is 3. The van der Waals surface area contributed by atoms with Gasteiger partial charge >= 0.3 is 12.0 Å². The quantitative estimate of drug-likeness (QED) is 0.533. The molecule has 0 aromatic heterocycles. The number of piperidine rings is 1. The number of aliphatic carboxylic acids is 1. The van der Waals surface area contributed by atoms with Crippen molar-refractivity contribution in [2.24, 2.45) is 5.41 Å². The standard InChI is InChI=1S/C12H19N3O5/c1-12(10(17)18)6-20-5-8(12)15-11(19)14-7-3-2-4-13-9(7)16/h7-8H,2-6H2,1H3,(H,13,16)(H,17,18)(H2,14,15,19). The van der Waals surface area contributed by atoms with Gasteiger partial charge in [-0.3, -0.25) is 9.59 Å². The Hall–Kier alpha value is -1.83. The first-order valence-electron chi connectivity index (χ1n) is 6.59. The Kier molecular flexibility index (Phi) is 4.12. The second kappa shape index (κ2) is 5.66. The van der Waals surface area contributed by atoms with Crippen LogP contribution in [0, 0.1) is 5.41 Å². The summed E-state index contributed by atoms with van der Waals surface area (Å²) in [6.45, 7) is 2.34. The molecule has 2 aliphatic rings. The molecule has 0 bridgehead atoms. The van der Waals surface area contributed by atoms with Crippen molar-refractivity contribution in [1.82, 2.24) is 16.0 Å². The number of ether oxygens (including phenoxy) is 1. The maximum atomic E-state index is 11.9. The molecule has 0 spiro atoms. The van der Waals surface area contributed by atoms with Crippen LogP contribution in [-0.4, -0.2) is 54.9 Å². The largest absolute Gasteiger partial charge is 0.481 e.